The van der Waals surface area contributed by atoms with Gasteiger partial charge < -0.3 is 5.73 Å². The Bertz CT molecular complexity index is 565. The van der Waals surface area contributed by atoms with Gasteiger partial charge in [0.2, 0.25) is 0 Å². The minimum absolute atomic E-state index is 0.0219. The van der Waals surface area contributed by atoms with Gasteiger partial charge in [-0.1, -0.05) is 18.2 Å². The lowest BCUT2D eigenvalue weighted by atomic mass is 10.2. The van der Waals surface area contributed by atoms with Crippen molar-refractivity contribution in [1.29, 1.82) is 0 Å². The van der Waals surface area contributed by atoms with E-state index in [-0.39, 0.29) is 11.4 Å². The van der Waals surface area contributed by atoms with Crippen LogP contribution in [-0.2, 0) is 0 Å². The van der Waals surface area contributed by atoms with E-state index in [1.807, 2.05) is 0 Å². The number of halogens is 2. The van der Waals surface area contributed by atoms with Crippen LogP contribution in [0.4, 0.5) is 14.5 Å². The van der Waals surface area contributed by atoms with Gasteiger partial charge in [0, 0.05) is 0 Å². The second-order valence-electron chi connectivity index (χ2n) is 3.46. The first-order chi connectivity index (χ1) is 8.16. The first kappa shape index (κ1) is 11.3. The molecule has 0 radical (unpaired) electrons. The Morgan fingerprint density at radius 2 is 1.76 bits per heavy atom. The number of nitrogens with two attached hydrogens (primary N) is 1. The highest BCUT2D eigenvalue weighted by atomic mass is 19.1. The van der Waals surface area contributed by atoms with Gasteiger partial charge in [0.15, 0.2) is 0 Å². The highest BCUT2D eigenvalue weighted by Crippen LogP contribution is 2.15. The van der Waals surface area contributed by atoms with Gasteiger partial charge >= 0.3 is 0 Å². The Hall–Kier alpha value is -2.23. The summed E-state index contributed by atoms with van der Waals surface area (Å²) < 4.78 is 26.3. The standard InChI is InChI=1S/C13H10F2N2/c14-9-4-3-5-10(8-9)17-13(16)11-6-1-2-7-12(11)15/h1-8H,(H2,16,17). The summed E-state index contributed by atoms with van der Waals surface area (Å²) in [5.74, 6) is -0.841. The Balaban J connectivity index is 2.38. The first-order valence-electron chi connectivity index (χ1n) is 5.01. The molecule has 0 aliphatic heterocycles. The van der Waals surface area contributed by atoms with Gasteiger partial charge in [0.05, 0.1) is 11.3 Å². The third-order valence-electron chi connectivity index (χ3n) is 2.21. The lowest BCUT2D eigenvalue weighted by molar-refractivity contribution is 0.625. The van der Waals surface area contributed by atoms with Gasteiger partial charge in [-0.2, -0.15) is 0 Å². The van der Waals surface area contributed by atoms with Crippen LogP contribution in [0.5, 0.6) is 0 Å². The molecule has 0 aliphatic carbocycles. The second kappa shape index (κ2) is 4.74. The molecule has 0 bridgehead atoms. The Morgan fingerprint density at radius 3 is 2.47 bits per heavy atom. The summed E-state index contributed by atoms with van der Waals surface area (Å²) in [6, 6.07) is 11.7. The Kier molecular flexibility index (Phi) is 3.14. The van der Waals surface area contributed by atoms with E-state index in [1.165, 1.54) is 30.3 Å². The van der Waals surface area contributed by atoms with Crippen molar-refractivity contribution in [3.63, 3.8) is 0 Å². The second-order valence-corrected chi connectivity index (χ2v) is 3.46. The van der Waals surface area contributed by atoms with Crippen molar-refractivity contribution in [2.24, 2.45) is 10.7 Å². The SMILES string of the molecule is NC(=Nc1cccc(F)c1)c1ccccc1F. The van der Waals surface area contributed by atoms with Crippen molar-refractivity contribution in [2.45, 2.75) is 0 Å². The monoisotopic (exact) mass is 232 g/mol. The lowest BCUT2D eigenvalue weighted by Crippen LogP contribution is -2.14. The molecule has 4 heteroatoms. The fourth-order valence-corrected chi connectivity index (χ4v) is 1.41. The highest BCUT2D eigenvalue weighted by Gasteiger charge is 2.05. The molecule has 2 aromatic rings. The summed E-state index contributed by atoms with van der Waals surface area (Å²) >= 11 is 0. The third kappa shape index (κ3) is 2.66. The highest BCUT2D eigenvalue weighted by molar-refractivity contribution is 5.99. The number of hydrogen-bond donors (Lipinski definition) is 1. The molecule has 0 amide bonds. The molecule has 0 aromatic heterocycles. The summed E-state index contributed by atoms with van der Waals surface area (Å²) in [5.41, 5.74) is 6.22. The maximum Gasteiger partial charge on any atom is 0.134 e. The van der Waals surface area contributed by atoms with E-state index in [2.05, 4.69) is 4.99 Å². The number of rotatable bonds is 2. The summed E-state index contributed by atoms with van der Waals surface area (Å²) in [5, 5.41) is 0. The van der Waals surface area contributed by atoms with Gasteiger partial charge in [0.1, 0.15) is 17.5 Å². The summed E-state index contributed by atoms with van der Waals surface area (Å²) in [4.78, 5) is 3.97. The Morgan fingerprint density at radius 1 is 1.00 bits per heavy atom. The molecule has 0 spiro atoms. The maximum absolute atomic E-state index is 13.4. The quantitative estimate of drug-likeness (QED) is 0.627. The summed E-state index contributed by atoms with van der Waals surface area (Å²) in [6.45, 7) is 0. The minimum Gasteiger partial charge on any atom is -0.383 e. The molecule has 0 atom stereocenters. The molecule has 2 rings (SSSR count). The van der Waals surface area contributed by atoms with E-state index in [9.17, 15) is 8.78 Å². The fraction of sp³-hybridized carbons (Fsp3) is 0. The maximum atomic E-state index is 13.4. The van der Waals surface area contributed by atoms with Crippen molar-refractivity contribution in [3.05, 3.63) is 65.7 Å². The van der Waals surface area contributed by atoms with Crippen LogP contribution in [-0.4, -0.2) is 5.84 Å². The number of hydrogen-bond acceptors (Lipinski definition) is 1. The van der Waals surface area contributed by atoms with E-state index < -0.39 is 11.6 Å². The van der Waals surface area contributed by atoms with Crippen molar-refractivity contribution in [1.82, 2.24) is 0 Å². The molecule has 2 aromatic carbocycles. The van der Waals surface area contributed by atoms with E-state index in [4.69, 9.17) is 5.73 Å². The molecule has 2 nitrogen and oxygen atoms in total. The van der Waals surface area contributed by atoms with E-state index in [1.54, 1.807) is 18.2 Å². The molecule has 2 N–H and O–H groups in total. The van der Waals surface area contributed by atoms with Gasteiger partial charge in [-0.05, 0) is 30.3 Å². The van der Waals surface area contributed by atoms with Gasteiger partial charge in [-0.15, -0.1) is 0 Å². The molecule has 0 fully saturated rings. The molecule has 0 aliphatic rings. The summed E-state index contributed by atoms with van der Waals surface area (Å²) in [7, 11) is 0. The van der Waals surface area contributed by atoms with Crippen LogP contribution in [0.25, 0.3) is 0 Å². The van der Waals surface area contributed by atoms with E-state index in [0.29, 0.717) is 5.69 Å². The van der Waals surface area contributed by atoms with Crippen LogP contribution >= 0.6 is 0 Å². The normalized spacial score (nSPS) is 11.5. The van der Waals surface area contributed by atoms with Crippen LogP contribution < -0.4 is 5.73 Å². The zero-order chi connectivity index (χ0) is 12.3. The number of aliphatic imine (C=N–C) groups is 1. The fourth-order valence-electron chi connectivity index (χ4n) is 1.41. The van der Waals surface area contributed by atoms with Crippen LogP contribution in [0, 0.1) is 11.6 Å². The van der Waals surface area contributed by atoms with Crippen LogP contribution in [0.2, 0.25) is 0 Å². The minimum atomic E-state index is -0.454. The average molecular weight is 232 g/mol. The van der Waals surface area contributed by atoms with Gasteiger partial charge in [-0.3, -0.25) is 0 Å². The molecule has 17 heavy (non-hydrogen) atoms. The van der Waals surface area contributed by atoms with Gasteiger partial charge in [0.25, 0.3) is 0 Å². The largest absolute Gasteiger partial charge is 0.383 e. The Labute approximate surface area is 97.4 Å². The van der Waals surface area contributed by atoms with Crippen molar-refractivity contribution >= 4 is 11.5 Å². The van der Waals surface area contributed by atoms with Crippen molar-refractivity contribution < 1.29 is 8.78 Å². The topological polar surface area (TPSA) is 38.4 Å². The molecule has 0 heterocycles. The molecular weight excluding hydrogens is 222 g/mol. The summed E-state index contributed by atoms with van der Waals surface area (Å²) in [6.07, 6.45) is 0. The number of amidine groups is 1. The molecule has 86 valence electrons. The van der Waals surface area contributed by atoms with Crippen LogP contribution in [0.1, 0.15) is 5.56 Å². The van der Waals surface area contributed by atoms with Gasteiger partial charge in [-0.25, -0.2) is 13.8 Å². The first-order valence-corrected chi connectivity index (χ1v) is 5.01. The predicted molar refractivity (Wildman–Crippen MR) is 63.2 cm³/mol. The third-order valence-corrected chi connectivity index (χ3v) is 2.21. The number of benzene rings is 2. The molecular formula is C13H10F2N2. The number of nitrogens with zero attached hydrogens (tertiary/aromatic N) is 1. The van der Waals surface area contributed by atoms with Crippen LogP contribution in [0.3, 0.4) is 0 Å². The molecule has 0 saturated heterocycles. The van der Waals surface area contributed by atoms with Crippen LogP contribution in [0.15, 0.2) is 53.5 Å². The predicted octanol–water partition coefficient (Wildman–Crippen LogP) is 3.00. The van der Waals surface area contributed by atoms with Crippen molar-refractivity contribution in [2.75, 3.05) is 0 Å². The van der Waals surface area contributed by atoms with E-state index in [0.717, 1.165) is 0 Å². The van der Waals surface area contributed by atoms with Crippen molar-refractivity contribution in [3.8, 4) is 0 Å². The van der Waals surface area contributed by atoms with E-state index >= 15 is 0 Å². The molecule has 0 unspecified atom stereocenters. The zero-order valence-corrected chi connectivity index (χ0v) is 8.90. The smallest absolute Gasteiger partial charge is 0.134 e. The lowest BCUT2D eigenvalue weighted by Gasteiger charge is -2.02. The zero-order valence-electron chi connectivity index (χ0n) is 8.90. The average Bonchev–Trinajstić information content (AvgIpc) is 2.29. The molecule has 0 saturated carbocycles.